The Bertz CT molecular complexity index is 635. The van der Waals surface area contributed by atoms with Crippen LogP contribution in [0.15, 0.2) is 33.8 Å². The molecule has 0 aliphatic carbocycles. The van der Waals surface area contributed by atoms with Crippen LogP contribution in [-0.2, 0) is 11.3 Å². The van der Waals surface area contributed by atoms with Crippen LogP contribution in [-0.4, -0.2) is 10.9 Å². The van der Waals surface area contributed by atoms with Gasteiger partial charge in [0.1, 0.15) is 22.4 Å². The standard InChI is InChI=1S/C13H11N3O2S/c1-9-8-19-12(16-9)7-15-13(17)10(6-14)5-11-3-2-4-18-11/h2-5,8H,7H2,1H3,(H,15,17)/b10-5-. The second-order valence-corrected chi connectivity index (χ2v) is 4.69. The lowest BCUT2D eigenvalue weighted by Gasteiger charge is -2.00. The molecule has 0 fully saturated rings. The first-order valence-corrected chi connectivity index (χ1v) is 6.41. The van der Waals surface area contributed by atoms with Gasteiger partial charge in [0.15, 0.2) is 0 Å². The summed E-state index contributed by atoms with van der Waals surface area (Å²) >= 11 is 1.47. The average molecular weight is 273 g/mol. The van der Waals surface area contributed by atoms with Crippen LogP contribution >= 0.6 is 11.3 Å². The quantitative estimate of drug-likeness (QED) is 0.684. The fraction of sp³-hybridized carbons (Fsp3) is 0.154. The number of carbonyl (C=O) groups is 1. The number of nitriles is 1. The van der Waals surface area contributed by atoms with Crippen molar-refractivity contribution < 1.29 is 9.21 Å². The van der Waals surface area contributed by atoms with E-state index in [9.17, 15) is 4.79 Å². The molecule has 0 atom stereocenters. The van der Waals surface area contributed by atoms with Crippen LogP contribution in [0.2, 0.25) is 0 Å². The number of hydrogen-bond acceptors (Lipinski definition) is 5. The van der Waals surface area contributed by atoms with E-state index in [1.807, 2.05) is 18.4 Å². The molecule has 0 radical (unpaired) electrons. The van der Waals surface area contributed by atoms with Crippen molar-refractivity contribution in [1.82, 2.24) is 10.3 Å². The summed E-state index contributed by atoms with van der Waals surface area (Å²) < 4.78 is 5.06. The van der Waals surface area contributed by atoms with Crippen molar-refractivity contribution in [3.8, 4) is 6.07 Å². The Labute approximate surface area is 114 Å². The van der Waals surface area contributed by atoms with Crippen molar-refractivity contribution in [2.45, 2.75) is 13.5 Å². The Morgan fingerprint density at radius 1 is 1.68 bits per heavy atom. The van der Waals surface area contributed by atoms with E-state index in [2.05, 4.69) is 10.3 Å². The van der Waals surface area contributed by atoms with E-state index in [-0.39, 0.29) is 5.57 Å². The lowest BCUT2D eigenvalue weighted by molar-refractivity contribution is -0.117. The Hall–Kier alpha value is -2.39. The Kier molecular flexibility index (Phi) is 4.11. The number of hydrogen-bond donors (Lipinski definition) is 1. The number of amides is 1. The van der Waals surface area contributed by atoms with Crippen molar-refractivity contribution in [2.75, 3.05) is 0 Å². The summed E-state index contributed by atoms with van der Waals surface area (Å²) in [6, 6.07) is 5.22. The molecule has 6 heteroatoms. The number of aryl methyl sites for hydroxylation is 1. The second-order valence-electron chi connectivity index (χ2n) is 3.75. The third-order valence-electron chi connectivity index (χ3n) is 2.26. The topological polar surface area (TPSA) is 78.9 Å². The molecule has 5 nitrogen and oxygen atoms in total. The number of aromatic nitrogens is 1. The summed E-state index contributed by atoms with van der Waals surface area (Å²) in [5.74, 6) is 0.0311. The zero-order chi connectivity index (χ0) is 13.7. The monoisotopic (exact) mass is 273 g/mol. The first kappa shape index (κ1) is 13.1. The van der Waals surface area contributed by atoms with Gasteiger partial charge in [-0.15, -0.1) is 11.3 Å². The maximum Gasteiger partial charge on any atom is 0.262 e. The van der Waals surface area contributed by atoms with E-state index in [4.69, 9.17) is 9.68 Å². The number of nitrogens with zero attached hydrogens (tertiary/aromatic N) is 2. The van der Waals surface area contributed by atoms with E-state index in [1.54, 1.807) is 12.1 Å². The third kappa shape index (κ3) is 3.53. The van der Waals surface area contributed by atoms with Crippen LogP contribution in [0.25, 0.3) is 6.08 Å². The van der Waals surface area contributed by atoms with Gasteiger partial charge in [-0.3, -0.25) is 4.79 Å². The maximum absolute atomic E-state index is 11.8. The van der Waals surface area contributed by atoms with Crippen molar-refractivity contribution in [1.29, 1.82) is 5.26 Å². The van der Waals surface area contributed by atoms with E-state index in [0.29, 0.717) is 12.3 Å². The molecule has 0 saturated heterocycles. The van der Waals surface area contributed by atoms with Gasteiger partial charge < -0.3 is 9.73 Å². The molecule has 2 aromatic rings. The van der Waals surface area contributed by atoms with E-state index >= 15 is 0 Å². The van der Waals surface area contributed by atoms with Gasteiger partial charge in [0.25, 0.3) is 5.91 Å². The number of thiazole rings is 1. The summed E-state index contributed by atoms with van der Waals surface area (Å²) in [6.45, 7) is 2.20. The lowest BCUT2D eigenvalue weighted by Crippen LogP contribution is -2.23. The zero-order valence-electron chi connectivity index (χ0n) is 10.2. The summed E-state index contributed by atoms with van der Waals surface area (Å²) in [7, 11) is 0. The van der Waals surface area contributed by atoms with Gasteiger partial charge in [0.05, 0.1) is 12.8 Å². The smallest absolute Gasteiger partial charge is 0.262 e. The summed E-state index contributed by atoms with van der Waals surface area (Å²) in [5.41, 5.74) is 0.920. The fourth-order valence-electron chi connectivity index (χ4n) is 1.40. The third-order valence-corrected chi connectivity index (χ3v) is 3.23. The molecule has 2 rings (SSSR count). The van der Waals surface area contributed by atoms with Gasteiger partial charge >= 0.3 is 0 Å². The van der Waals surface area contributed by atoms with Crippen LogP contribution in [0.5, 0.6) is 0 Å². The summed E-state index contributed by atoms with van der Waals surface area (Å²) in [6.07, 6.45) is 2.89. The van der Waals surface area contributed by atoms with Gasteiger partial charge in [-0.2, -0.15) is 5.26 Å². The summed E-state index contributed by atoms with van der Waals surface area (Å²) in [5, 5.41) is 14.3. The largest absolute Gasteiger partial charge is 0.465 e. The molecule has 0 bridgehead atoms. The Balaban J connectivity index is 2.00. The molecule has 19 heavy (non-hydrogen) atoms. The van der Waals surface area contributed by atoms with E-state index in [1.165, 1.54) is 23.7 Å². The molecule has 1 N–H and O–H groups in total. The van der Waals surface area contributed by atoms with Crippen molar-refractivity contribution in [2.24, 2.45) is 0 Å². The van der Waals surface area contributed by atoms with Crippen LogP contribution < -0.4 is 5.32 Å². The zero-order valence-corrected chi connectivity index (χ0v) is 11.0. The van der Waals surface area contributed by atoms with Crippen LogP contribution in [0.4, 0.5) is 0 Å². The summed E-state index contributed by atoms with van der Waals surface area (Å²) in [4.78, 5) is 16.0. The highest BCUT2D eigenvalue weighted by Crippen LogP contribution is 2.10. The highest BCUT2D eigenvalue weighted by molar-refractivity contribution is 7.09. The predicted octanol–water partition coefficient (Wildman–Crippen LogP) is 2.27. The van der Waals surface area contributed by atoms with Crippen LogP contribution in [0.3, 0.4) is 0 Å². The molecule has 0 aliphatic rings. The minimum atomic E-state index is -0.438. The number of carbonyl (C=O) groups excluding carboxylic acids is 1. The molecule has 0 aromatic carbocycles. The molecular weight excluding hydrogens is 262 g/mol. The molecule has 0 spiro atoms. The van der Waals surface area contributed by atoms with Gasteiger partial charge in [-0.05, 0) is 19.1 Å². The second kappa shape index (κ2) is 5.98. The predicted molar refractivity (Wildman–Crippen MR) is 71.0 cm³/mol. The van der Waals surface area contributed by atoms with Gasteiger partial charge in [0.2, 0.25) is 0 Å². The molecular formula is C13H11N3O2S. The lowest BCUT2D eigenvalue weighted by atomic mass is 10.2. The van der Waals surface area contributed by atoms with E-state index < -0.39 is 5.91 Å². The highest BCUT2D eigenvalue weighted by atomic mass is 32.1. The molecule has 1 amide bonds. The van der Waals surface area contributed by atoms with Crippen molar-refractivity contribution in [3.05, 3.63) is 45.8 Å². The Morgan fingerprint density at radius 3 is 3.11 bits per heavy atom. The SMILES string of the molecule is Cc1csc(CNC(=O)/C(C#N)=C\c2ccco2)n1. The minimum absolute atomic E-state index is 0.00299. The maximum atomic E-state index is 11.8. The number of rotatable bonds is 4. The Morgan fingerprint density at radius 2 is 2.53 bits per heavy atom. The first-order valence-electron chi connectivity index (χ1n) is 5.53. The highest BCUT2D eigenvalue weighted by Gasteiger charge is 2.10. The van der Waals surface area contributed by atoms with Crippen LogP contribution in [0, 0.1) is 18.3 Å². The van der Waals surface area contributed by atoms with Crippen molar-refractivity contribution >= 4 is 23.3 Å². The first-order chi connectivity index (χ1) is 9.19. The fourth-order valence-corrected chi connectivity index (χ4v) is 2.11. The molecule has 2 heterocycles. The van der Waals surface area contributed by atoms with Gasteiger partial charge in [-0.25, -0.2) is 4.98 Å². The van der Waals surface area contributed by atoms with Crippen LogP contribution in [0.1, 0.15) is 16.5 Å². The normalized spacial score (nSPS) is 11.1. The molecule has 0 saturated carbocycles. The molecule has 2 aromatic heterocycles. The average Bonchev–Trinajstić information content (AvgIpc) is 3.04. The van der Waals surface area contributed by atoms with E-state index in [0.717, 1.165) is 10.7 Å². The van der Waals surface area contributed by atoms with Gasteiger partial charge in [0, 0.05) is 17.2 Å². The molecule has 0 aliphatic heterocycles. The molecule has 96 valence electrons. The number of nitrogens with one attached hydrogen (secondary N) is 1. The number of furan rings is 1. The molecule has 0 unspecified atom stereocenters. The van der Waals surface area contributed by atoms with Gasteiger partial charge in [-0.1, -0.05) is 0 Å². The van der Waals surface area contributed by atoms with Crippen molar-refractivity contribution in [3.63, 3.8) is 0 Å². The minimum Gasteiger partial charge on any atom is -0.465 e.